The zero-order valence-electron chi connectivity index (χ0n) is 9.52. The van der Waals surface area contributed by atoms with Crippen molar-refractivity contribution in [1.29, 1.82) is 0 Å². The van der Waals surface area contributed by atoms with E-state index in [0.29, 0.717) is 11.3 Å². The van der Waals surface area contributed by atoms with Crippen LogP contribution < -0.4 is 10.5 Å². The Morgan fingerprint density at radius 2 is 2.00 bits per heavy atom. The zero-order valence-corrected chi connectivity index (χ0v) is 10.3. The van der Waals surface area contributed by atoms with E-state index in [1.165, 1.54) is 14.2 Å². The van der Waals surface area contributed by atoms with Gasteiger partial charge in [0.1, 0.15) is 11.3 Å². The molecule has 0 aliphatic rings. The molecule has 1 unspecified atom stereocenters. The summed E-state index contributed by atoms with van der Waals surface area (Å²) in [5.74, 6) is 0.0692. The number of nitrogens with two attached hydrogens (primary N) is 1. The molecule has 4 nitrogen and oxygen atoms in total. The Balaban J connectivity index is 0.00000225. The molecule has 1 atom stereocenters. The Hall–Kier alpha value is -1.26. The summed E-state index contributed by atoms with van der Waals surface area (Å²) in [6.45, 7) is 1.87. The van der Waals surface area contributed by atoms with E-state index in [4.69, 9.17) is 10.5 Å². The van der Waals surface area contributed by atoms with Crippen LogP contribution in [0.3, 0.4) is 0 Å². The van der Waals surface area contributed by atoms with Crippen LogP contribution in [0.25, 0.3) is 0 Å². The summed E-state index contributed by atoms with van der Waals surface area (Å²) in [5.41, 5.74) is 7.05. The van der Waals surface area contributed by atoms with E-state index in [2.05, 4.69) is 4.74 Å². The Kier molecular flexibility index (Phi) is 5.85. The largest absolute Gasteiger partial charge is 0.496 e. The second kappa shape index (κ2) is 6.35. The summed E-state index contributed by atoms with van der Waals surface area (Å²) in [6.07, 6.45) is 0. The predicted molar refractivity (Wildman–Crippen MR) is 64.2 cm³/mol. The molecule has 1 rings (SSSR count). The van der Waals surface area contributed by atoms with Crippen molar-refractivity contribution in [3.05, 3.63) is 29.3 Å². The molecule has 0 aromatic heterocycles. The van der Waals surface area contributed by atoms with Gasteiger partial charge >= 0.3 is 5.97 Å². The Morgan fingerprint density at radius 3 is 2.44 bits per heavy atom. The van der Waals surface area contributed by atoms with Gasteiger partial charge in [-0.3, -0.25) is 0 Å². The number of halogens is 1. The Bertz CT molecular complexity index is 366. The highest BCUT2D eigenvalue weighted by molar-refractivity contribution is 5.92. The van der Waals surface area contributed by atoms with Crippen LogP contribution in [0.4, 0.5) is 0 Å². The number of ether oxygens (including phenoxy) is 2. The van der Waals surface area contributed by atoms with Crippen molar-refractivity contribution in [2.45, 2.75) is 13.0 Å². The van der Waals surface area contributed by atoms with E-state index in [1.54, 1.807) is 18.2 Å². The smallest absolute Gasteiger partial charge is 0.341 e. The molecule has 0 radical (unpaired) electrons. The monoisotopic (exact) mass is 245 g/mol. The minimum Gasteiger partial charge on any atom is -0.496 e. The van der Waals surface area contributed by atoms with E-state index < -0.39 is 5.97 Å². The molecule has 16 heavy (non-hydrogen) atoms. The molecule has 90 valence electrons. The minimum atomic E-state index is -0.414. The quantitative estimate of drug-likeness (QED) is 0.827. The third kappa shape index (κ3) is 3.12. The number of benzene rings is 1. The van der Waals surface area contributed by atoms with Crippen LogP contribution >= 0.6 is 12.4 Å². The normalized spacial score (nSPS) is 11.2. The second-order valence-corrected chi connectivity index (χ2v) is 3.24. The number of hydrogen-bond acceptors (Lipinski definition) is 4. The molecule has 1 aromatic carbocycles. The van der Waals surface area contributed by atoms with Gasteiger partial charge in [-0.25, -0.2) is 4.79 Å². The van der Waals surface area contributed by atoms with Gasteiger partial charge in [-0.15, -0.1) is 12.4 Å². The molecule has 0 spiro atoms. The fourth-order valence-electron chi connectivity index (χ4n) is 1.27. The highest BCUT2D eigenvalue weighted by Gasteiger charge is 2.13. The molecule has 0 saturated heterocycles. The minimum absolute atomic E-state index is 0. The molecule has 0 amide bonds. The molecular weight excluding hydrogens is 230 g/mol. The molecule has 0 aliphatic heterocycles. The first kappa shape index (κ1) is 14.7. The SMILES string of the molecule is COC(=O)c1ccc(C(C)N)cc1OC.Cl. The Morgan fingerprint density at radius 1 is 1.38 bits per heavy atom. The zero-order chi connectivity index (χ0) is 11.4. The molecule has 0 fully saturated rings. The summed E-state index contributed by atoms with van der Waals surface area (Å²) in [4.78, 5) is 11.3. The maximum absolute atomic E-state index is 11.3. The van der Waals surface area contributed by atoms with Crippen molar-refractivity contribution in [3.8, 4) is 5.75 Å². The van der Waals surface area contributed by atoms with Gasteiger partial charge in [0.25, 0.3) is 0 Å². The fourth-order valence-corrected chi connectivity index (χ4v) is 1.27. The van der Waals surface area contributed by atoms with Crippen LogP contribution in [0.2, 0.25) is 0 Å². The van der Waals surface area contributed by atoms with Gasteiger partial charge in [-0.2, -0.15) is 0 Å². The fraction of sp³-hybridized carbons (Fsp3) is 0.364. The van der Waals surface area contributed by atoms with Crippen molar-refractivity contribution >= 4 is 18.4 Å². The lowest BCUT2D eigenvalue weighted by atomic mass is 10.1. The lowest BCUT2D eigenvalue weighted by Crippen LogP contribution is -2.08. The number of carbonyl (C=O) groups is 1. The number of rotatable bonds is 3. The van der Waals surface area contributed by atoms with Crippen LogP contribution in [0.15, 0.2) is 18.2 Å². The molecule has 0 heterocycles. The number of carbonyl (C=O) groups excluding carboxylic acids is 1. The maximum atomic E-state index is 11.3. The molecule has 2 N–H and O–H groups in total. The third-order valence-electron chi connectivity index (χ3n) is 2.16. The summed E-state index contributed by atoms with van der Waals surface area (Å²) in [5, 5.41) is 0. The molecule has 0 aliphatic carbocycles. The second-order valence-electron chi connectivity index (χ2n) is 3.24. The summed E-state index contributed by atoms with van der Waals surface area (Å²) < 4.78 is 9.73. The lowest BCUT2D eigenvalue weighted by molar-refractivity contribution is 0.0597. The van der Waals surface area contributed by atoms with Gasteiger partial charge in [0, 0.05) is 6.04 Å². The van der Waals surface area contributed by atoms with E-state index in [0.717, 1.165) is 5.56 Å². The summed E-state index contributed by atoms with van der Waals surface area (Å²) in [6, 6.07) is 5.10. The molecule has 5 heteroatoms. The van der Waals surface area contributed by atoms with Crippen molar-refractivity contribution in [1.82, 2.24) is 0 Å². The molecule has 0 bridgehead atoms. The van der Waals surface area contributed by atoms with E-state index >= 15 is 0 Å². The van der Waals surface area contributed by atoms with Crippen molar-refractivity contribution in [2.75, 3.05) is 14.2 Å². The van der Waals surface area contributed by atoms with Crippen LogP contribution in [0.1, 0.15) is 28.9 Å². The van der Waals surface area contributed by atoms with Gasteiger partial charge in [0.15, 0.2) is 0 Å². The third-order valence-corrected chi connectivity index (χ3v) is 2.16. The molecule has 0 saturated carbocycles. The summed E-state index contributed by atoms with van der Waals surface area (Å²) >= 11 is 0. The Labute approximate surface area is 101 Å². The number of hydrogen-bond donors (Lipinski definition) is 1. The van der Waals surface area contributed by atoms with Gasteiger partial charge in [0.05, 0.1) is 14.2 Å². The number of esters is 1. The number of methoxy groups -OCH3 is 2. The average molecular weight is 246 g/mol. The first-order valence-corrected chi connectivity index (χ1v) is 4.62. The van der Waals surface area contributed by atoms with Gasteiger partial charge < -0.3 is 15.2 Å². The molecular formula is C11H16ClNO3. The van der Waals surface area contributed by atoms with Crippen LogP contribution in [-0.2, 0) is 4.74 Å². The first-order chi connectivity index (χ1) is 7.10. The van der Waals surface area contributed by atoms with E-state index in [9.17, 15) is 4.79 Å². The highest BCUT2D eigenvalue weighted by atomic mass is 35.5. The predicted octanol–water partition coefficient (Wildman–Crippen LogP) is 1.92. The standard InChI is InChI=1S/C11H15NO3.ClH/c1-7(12)8-4-5-9(11(13)15-3)10(6-8)14-2;/h4-7H,12H2,1-3H3;1H. The van der Waals surface area contributed by atoms with Crippen molar-refractivity contribution in [2.24, 2.45) is 5.73 Å². The van der Waals surface area contributed by atoms with Crippen molar-refractivity contribution in [3.63, 3.8) is 0 Å². The lowest BCUT2D eigenvalue weighted by Gasteiger charge is -2.11. The van der Waals surface area contributed by atoms with E-state index in [-0.39, 0.29) is 18.4 Å². The van der Waals surface area contributed by atoms with Gasteiger partial charge in [0.2, 0.25) is 0 Å². The van der Waals surface area contributed by atoms with Gasteiger partial charge in [-0.05, 0) is 24.6 Å². The first-order valence-electron chi connectivity index (χ1n) is 4.62. The topological polar surface area (TPSA) is 61.5 Å². The molecule has 1 aromatic rings. The van der Waals surface area contributed by atoms with Crippen LogP contribution in [0, 0.1) is 0 Å². The summed E-state index contributed by atoms with van der Waals surface area (Å²) in [7, 11) is 2.84. The highest BCUT2D eigenvalue weighted by Crippen LogP contribution is 2.23. The van der Waals surface area contributed by atoms with Crippen molar-refractivity contribution < 1.29 is 14.3 Å². The van der Waals surface area contributed by atoms with Crippen LogP contribution in [-0.4, -0.2) is 20.2 Å². The van der Waals surface area contributed by atoms with Gasteiger partial charge in [-0.1, -0.05) is 6.07 Å². The average Bonchev–Trinajstić information content (AvgIpc) is 2.27. The van der Waals surface area contributed by atoms with Crippen LogP contribution in [0.5, 0.6) is 5.75 Å². The maximum Gasteiger partial charge on any atom is 0.341 e. The van der Waals surface area contributed by atoms with E-state index in [1.807, 2.05) is 6.92 Å².